The van der Waals surface area contributed by atoms with Gasteiger partial charge in [-0.05, 0) is 109 Å². The van der Waals surface area contributed by atoms with Gasteiger partial charge in [0.15, 0.2) is 0 Å². The number of fused-ring (bicyclic) bond motifs is 1. The Kier molecular flexibility index (Phi) is 8.66. The van der Waals surface area contributed by atoms with Gasteiger partial charge >= 0.3 is 0 Å². The fourth-order valence-electron chi connectivity index (χ4n) is 7.39. The fourth-order valence-corrected chi connectivity index (χ4v) is 7.39. The quantitative estimate of drug-likeness (QED) is 0.155. The molecule has 0 fully saturated rings. The van der Waals surface area contributed by atoms with Gasteiger partial charge in [0.25, 0.3) is 0 Å². The van der Waals surface area contributed by atoms with Crippen LogP contribution in [-0.2, 0) is 0 Å². The summed E-state index contributed by atoms with van der Waals surface area (Å²) in [5.41, 5.74) is 15.4. The van der Waals surface area contributed by atoms with E-state index in [-0.39, 0.29) is 0 Å². The van der Waals surface area contributed by atoms with Crippen LogP contribution in [0.1, 0.15) is 0 Å². The lowest BCUT2D eigenvalue weighted by Crippen LogP contribution is -2.09. The van der Waals surface area contributed by atoms with Crippen molar-refractivity contribution in [2.75, 3.05) is 4.90 Å². The second kappa shape index (κ2) is 14.3. The van der Waals surface area contributed by atoms with Gasteiger partial charge in [-0.2, -0.15) is 0 Å². The van der Waals surface area contributed by atoms with Gasteiger partial charge in [-0.3, -0.25) is 0 Å². The van der Waals surface area contributed by atoms with Crippen LogP contribution in [0.5, 0.6) is 0 Å². The van der Waals surface area contributed by atoms with Crippen LogP contribution in [-0.4, -0.2) is 0 Å². The maximum Gasteiger partial charge on any atom is 0.0462 e. The molecule has 0 radical (unpaired) electrons. The Morgan fingerprint density at radius 2 is 0.623 bits per heavy atom. The molecule has 9 aromatic rings. The largest absolute Gasteiger partial charge is 0.311 e. The van der Waals surface area contributed by atoms with Gasteiger partial charge in [0.1, 0.15) is 0 Å². The van der Waals surface area contributed by atoms with Crippen molar-refractivity contribution in [1.29, 1.82) is 0 Å². The normalized spacial score (nSPS) is 11.0. The molecule has 0 aliphatic carbocycles. The molecule has 53 heavy (non-hydrogen) atoms. The molecular weight excluding hydrogens is 639 g/mol. The molecule has 0 unspecified atom stereocenters. The Morgan fingerprint density at radius 1 is 0.226 bits per heavy atom. The molecule has 1 nitrogen and oxygen atoms in total. The molecule has 0 atom stereocenters. The van der Waals surface area contributed by atoms with Gasteiger partial charge in [0.05, 0.1) is 0 Å². The number of hydrogen-bond donors (Lipinski definition) is 0. The molecule has 9 rings (SSSR count). The van der Waals surface area contributed by atoms with Gasteiger partial charge in [0.2, 0.25) is 0 Å². The smallest absolute Gasteiger partial charge is 0.0462 e. The zero-order chi connectivity index (χ0) is 35.4. The second-order valence-electron chi connectivity index (χ2n) is 13.4. The van der Waals surface area contributed by atoms with Crippen LogP contribution in [0, 0.1) is 0 Å². The van der Waals surface area contributed by atoms with Crippen molar-refractivity contribution in [1.82, 2.24) is 0 Å². The summed E-state index contributed by atoms with van der Waals surface area (Å²) in [5, 5.41) is 2.51. The van der Waals surface area contributed by atoms with Crippen LogP contribution in [0.15, 0.2) is 224 Å². The maximum absolute atomic E-state index is 2.35. The van der Waals surface area contributed by atoms with Gasteiger partial charge < -0.3 is 4.90 Å². The van der Waals surface area contributed by atoms with Crippen molar-refractivity contribution >= 4 is 27.8 Å². The zero-order valence-corrected chi connectivity index (χ0v) is 29.3. The summed E-state index contributed by atoms with van der Waals surface area (Å²) in [6, 6.07) is 80.7. The van der Waals surface area contributed by atoms with E-state index in [1.54, 1.807) is 0 Å². The average molecular weight is 676 g/mol. The molecule has 0 N–H and O–H groups in total. The van der Waals surface area contributed by atoms with E-state index in [1.165, 1.54) is 66.4 Å². The lowest BCUT2D eigenvalue weighted by Gasteiger charge is -2.26. The Bertz CT molecular complexity index is 2520. The minimum Gasteiger partial charge on any atom is -0.311 e. The SMILES string of the molecule is c1ccc(-c2ccc(N(c3ccc(-c4ccccc4)cc3)c3ccc(-c4ccc(-c5cccc6ccccc56)c(-c5ccccc5)c4)cc3)cc2)cc1. The lowest BCUT2D eigenvalue weighted by atomic mass is 9.89. The molecule has 0 heterocycles. The van der Waals surface area contributed by atoms with Crippen molar-refractivity contribution in [3.05, 3.63) is 224 Å². The summed E-state index contributed by atoms with van der Waals surface area (Å²) >= 11 is 0. The van der Waals surface area contributed by atoms with Crippen LogP contribution < -0.4 is 4.90 Å². The third-order valence-electron chi connectivity index (χ3n) is 10.1. The summed E-state index contributed by atoms with van der Waals surface area (Å²) in [4.78, 5) is 2.34. The van der Waals surface area contributed by atoms with E-state index in [9.17, 15) is 0 Å². The molecule has 0 saturated carbocycles. The highest BCUT2D eigenvalue weighted by Gasteiger charge is 2.16. The van der Waals surface area contributed by atoms with E-state index in [1.807, 2.05) is 0 Å². The van der Waals surface area contributed by atoms with Crippen LogP contribution in [0.2, 0.25) is 0 Å². The van der Waals surface area contributed by atoms with Crippen molar-refractivity contribution in [3.63, 3.8) is 0 Å². The van der Waals surface area contributed by atoms with E-state index < -0.39 is 0 Å². The summed E-state index contributed by atoms with van der Waals surface area (Å²) in [6.45, 7) is 0. The first kappa shape index (κ1) is 32.0. The number of nitrogens with zero attached hydrogens (tertiary/aromatic N) is 1. The molecule has 0 saturated heterocycles. The Morgan fingerprint density at radius 3 is 1.15 bits per heavy atom. The third kappa shape index (κ3) is 6.53. The highest BCUT2D eigenvalue weighted by atomic mass is 15.1. The van der Waals surface area contributed by atoms with E-state index in [0.717, 1.165) is 17.1 Å². The number of benzene rings is 9. The van der Waals surface area contributed by atoms with E-state index in [4.69, 9.17) is 0 Å². The first-order valence-electron chi connectivity index (χ1n) is 18.2. The number of hydrogen-bond acceptors (Lipinski definition) is 1. The van der Waals surface area contributed by atoms with Crippen molar-refractivity contribution < 1.29 is 0 Å². The maximum atomic E-state index is 2.35. The van der Waals surface area contributed by atoms with E-state index in [2.05, 4.69) is 229 Å². The Hall–Kier alpha value is -6.96. The summed E-state index contributed by atoms with van der Waals surface area (Å²) < 4.78 is 0. The van der Waals surface area contributed by atoms with Gasteiger partial charge in [-0.15, -0.1) is 0 Å². The minimum atomic E-state index is 1.10. The lowest BCUT2D eigenvalue weighted by molar-refractivity contribution is 1.28. The predicted molar refractivity (Wildman–Crippen MR) is 226 cm³/mol. The molecule has 0 spiro atoms. The summed E-state index contributed by atoms with van der Waals surface area (Å²) in [5.74, 6) is 0. The minimum absolute atomic E-state index is 1.10. The average Bonchev–Trinajstić information content (AvgIpc) is 3.25. The Balaban J connectivity index is 1.10. The van der Waals surface area contributed by atoms with Crippen LogP contribution in [0.4, 0.5) is 17.1 Å². The highest BCUT2D eigenvalue weighted by Crippen LogP contribution is 2.41. The first-order valence-corrected chi connectivity index (χ1v) is 18.2. The van der Waals surface area contributed by atoms with Crippen molar-refractivity contribution in [2.24, 2.45) is 0 Å². The second-order valence-corrected chi connectivity index (χ2v) is 13.4. The zero-order valence-electron chi connectivity index (χ0n) is 29.3. The number of rotatable bonds is 8. The van der Waals surface area contributed by atoms with Crippen LogP contribution >= 0.6 is 0 Å². The van der Waals surface area contributed by atoms with E-state index >= 15 is 0 Å². The first-order chi connectivity index (χ1) is 26.3. The molecule has 9 aromatic carbocycles. The number of anilines is 3. The van der Waals surface area contributed by atoms with Crippen LogP contribution in [0.25, 0.3) is 66.4 Å². The molecule has 0 aromatic heterocycles. The van der Waals surface area contributed by atoms with Crippen molar-refractivity contribution in [2.45, 2.75) is 0 Å². The summed E-state index contributed by atoms with van der Waals surface area (Å²) in [6.07, 6.45) is 0. The molecule has 0 aliphatic heterocycles. The summed E-state index contributed by atoms with van der Waals surface area (Å²) in [7, 11) is 0. The van der Waals surface area contributed by atoms with Crippen molar-refractivity contribution in [3.8, 4) is 55.6 Å². The van der Waals surface area contributed by atoms with Gasteiger partial charge in [-0.1, -0.05) is 182 Å². The van der Waals surface area contributed by atoms with E-state index in [0.29, 0.717) is 0 Å². The molecule has 250 valence electrons. The van der Waals surface area contributed by atoms with Gasteiger partial charge in [0, 0.05) is 17.1 Å². The molecule has 0 aliphatic rings. The molecular formula is C52H37N. The predicted octanol–water partition coefficient (Wildman–Crippen LogP) is 14.6. The highest BCUT2D eigenvalue weighted by molar-refractivity contribution is 6.01. The van der Waals surface area contributed by atoms with Gasteiger partial charge in [-0.25, -0.2) is 0 Å². The third-order valence-corrected chi connectivity index (χ3v) is 10.1. The standard InChI is InChI=1S/C52H37N/c1-4-13-38(14-5-1)40-23-30-46(31-24-40)53(47-32-25-41(26-33-47)39-15-6-2-7-16-39)48-34-27-42(28-35-48)45-29-36-51(52(37-45)44-17-8-3-9-18-44)50-22-12-20-43-19-10-11-21-49(43)50/h1-37H. The molecule has 0 bridgehead atoms. The Labute approximate surface area is 311 Å². The molecule has 0 amide bonds. The topological polar surface area (TPSA) is 3.24 Å². The monoisotopic (exact) mass is 675 g/mol. The molecule has 1 heteroatoms. The van der Waals surface area contributed by atoms with Crippen LogP contribution in [0.3, 0.4) is 0 Å². The fraction of sp³-hybridized carbons (Fsp3) is 0.